The average Bonchev–Trinajstić information content (AvgIpc) is 2.90. The third-order valence-electron chi connectivity index (χ3n) is 5.57. The number of benzene rings is 3. The van der Waals surface area contributed by atoms with Gasteiger partial charge in [-0.3, -0.25) is 13.9 Å². The summed E-state index contributed by atoms with van der Waals surface area (Å²) in [5.74, 6) is -0.760. The molecule has 3 aromatic rings. The van der Waals surface area contributed by atoms with E-state index in [4.69, 9.17) is 0 Å². The molecule has 0 saturated heterocycles. The second-order valence-corrected chi connectivity index (χ2v) is 10.00. The summed E-state index contributed by atoms with van der Waals surface area (Å²) in [7, 11) is -4.03. The third kappa shape index (κ3) is 6.70. The highest BCUT2D eigenvalue weighted by atomic mass is 32.2. The van der Waals surface area contributed by atoms with Crippen molar-refractivity contribution in [2.24, 2.45) is 0 Å². The summed E-state index contributed by atoms with van der Waals surface area (Å²) in [6, 6.07) is 25.0. The first-order valence-corrected chi connectivity index (χ1v) is 13.0. The lowest BCUT2D eigenvalue weighted by atomic mass is 10.1. The number of rotatable bonds is 11. The summed E-state index contributed by atoms with van der Waals surface area (Å²) < 4.78 is 28.2. The maximum atomic E-state index is 13.7. The summed E-state index contributed by atoms with van der Waals surface area (Å²) in [5, 5.41) is 2.83. The van der Waals surface area contributed by atoms with Crippen molar-refractivity contribution in [3.8, 4) is 0 Å². The van der Waals surface area contributed by atoms with Gasteiger partial charge in [0.25, 0.3) is 10.0 Å². The molecule has 0 fully saturated rings. The van der Waals surface area contributed by atoms with Gasteiger partial charge in [-0.1, -0.05) is 73.7 Å². The predicted molar refractivity (Wildman–Crippen MR) is 137 cm³/mol. The van der Waals surface area contributed by atoms with Crippen LogP contribution >= 0.6 is 0 Å². The van der Waals surface area contributed by atoms with E-state index in [0.29, 0.717) is 12.2 Å². The Balaban J connectivity index is 1.96. The molecule has 1 atom stereocenters. The largest absolute Gasteiger partial charge is 0.354 e. The molecule has 0 bridgehead atoms. The molecule has 1 N–H and O–H groups in total. The van der Waals surface area contributed by atoms with E-state index in [-0.39, 0.29) is 17.3 Å². The fraction of sp³-hybridized carbons (Fsp3) is 0.259. The van der Waals surface area contributed by atoms with Gasteiger partial charge in [-0.05, 0) is 43.2 Å². The highest BCUT2D eigenvalue weighted by Crippen LogP contribution is 2.24. The zero-order chi connectivity index (χ0) is 25.3. The number of carbonyl (C=O) groups is 2. The van der Waals surface area contributed by atoms with Crippen molar-refractivity contribution in [1.82, 2.24) is 10.2 Å². The van der Waals surface area contributed by atoms with E-state index in [1.807, 2.05) is 37.3 Å². The first-order chi connectivity index (χ1) is 16.8. The minimum atomic E-state index is -4.03. The van der Waals surface area contributed by atoms with Crippen LogP contribution in [0.4, 0.5) is 5.69 Å². The summed E-state index contributed by atoms with van der Waals surface area (Å²) in [4.78, 5) is 28.0. The first-order valence-electron chi connectivity index (χ1n) is 11.6. The Kier molecular flexibility index (Phi) is 9.03. The van der Waals surface area contributed by atoms with Gasteiger partial charge in [0, 0.05) is 13.1 Å². The minimum Gasteiger partial charge on any atom is -0.354 e. The van der Waals surface area contributed by atoms with E-state index in [1.54, 1.807) is 55.5 Å². The Hall–Kier alpha value is -3.65. The molecular weight excluding hydrogens is 462 g/mol. The maximum absolute atomic E-state index is 13.7. The number of amides is 2. The van der Waals surface area contributed by atoms with E-state index in [9.17, 15) is 18.0 Å². The Morgan fingerprint density at radius 1 is 0.857 bits per heavy atom. The molecule has 0 aromatic heterocycles. The van der Waals surface area contributed by atoms with Gasteiger partial charge in [0.1, 0.15) is 12.6 Å². The number of anilines is 1. The van der Waals surface area contributed by atoms with Crippen LogP contribution in [0.5, 0.6) is 0 Å². The van der Waals surface area contributed by atoms with Crippen molar-refractivity contribution in [2.75, 3.05) is 17.4 Å². The Bertz CT molecular complexity index is 1200. The number of nitrogens with zero attached hydrogens (tertiary/aromatic N) is 2. The Morgan fingerprint density at radius 3 is 1.97 bits per heavy atom. The highest BCUT2D eigenvalue weighted by Gasteiger charge is 2.32. The van der Waals surface area contributed by atoms with Crippen molar-refractivity contribution in [2.45, 2.75) is 37.8 Å². The molecule has 0 radical (unpaired) electrons. The van der Waals surface area contributed by atoms with Crippen molar-refractivity contribution in [3.05, 3.63) is 96.6 Å². The fourth-order valence-corrected chi connectivity index (χ4v) is 5.04. The molecule has 8 heteroatoms. The van der Waals surface area contributed by atoms with Crippen molar-refractivity contribution >= 4 is 27.5 Å². The number of hydrogen-bond acceptors (Lipinski definition) is 4. The molecular formula is C27H31N3O4S. The second kappa shape index (κ2) is 12.2. The van der Waals surface area contributed by atoms with Gasteiger partial charge in [-0.15, -0.1) is 0 Å². The van der Waals surface area contributed by atoms with Crippen molar-refractivity contribution in [3.63, 3.8) is 0 Å². The van der Waals surface area contributed by atoms with E-state index < -0.39 is 28.5 Å². The van der Waals surface area contributed by atoms with Crippen LogP contribution in [0.15, 0.2) is 95.9 Å². The monoisotopic (exact) mass is 493 g/mol. The lowest BCUT2D eigenvalue weighted by Crippen LogP contribution is -2.51. The quantitative estimate of drug-likeness (QED) is 0.440. The van der Waals surface area contributed by atoms with E-state index in [1.165, 1.54) is 17.0 Å². The summed E-state index contributed by atoms with van der Waals surface area (Å²) in [6.07, 6.45) is 0.766. The van der Waals surface area contributed by atoms with Crippen LogP contribution in [0.3, 0.4) is 0 Å². The van der Waals surface area contributed by atoms with Crippen molar-refractivity contribution in [1.29, 1.82) is 0 Å². The smallest absolute Gasteiger partial charge is 0.264 e. The van der Waals surface area contributed by atoms with Crippen LogP contribution in [0.1, 0.15) is 25.8 Å². The van der Waals surface area contributed by atoms with Crippen LogP contribution in [-0.2, 0) is 26.2 Å². The minimum absolute atomic E-state index is 0.0833. The molecule has 0 unspecified atom stereocenters. The molecule has 0 aliphatic rings. The molecule has 184 valence electrons. The standard InChI is InChI=1S/C27H31N3O4S/c1-3-19-28-27(32)22(2)29(20-23-13-7-4-8-14-23)26(31)21-30(24-15-9-5-10-16-24)35(33,34)25-17-11-6-12-18-25/h4-18,22H,3,19-21H2,1-2H3,(H,28,32)/t22-/m1/s1. The van der Waals surface area contributed by atoms with Crippen LogP contribution in [-0.4, -0.2) is 44.3 Å². The third-order valence-corrected chi connectivity index (χ3v) is 7.35. The van der Waals surface area contributed by atoms with Gasteiger partial charge in [-0.2, -0.15) is 0 Å². The summed E-state index contributed by atoms with van der Waals surface area (Å²) in [5.41, 5.74) is 1.21. The van der Waals surface area contributed by atoms with Crippen LogP contribution in [0.25, 0.3) is 0 Å². The summed E-state index contributed by atoms with van der Waals surface area (Å²) in [6.45, 7) is 3.83. The van der Waals surface area contributed by atoms with Crippen LogP contribution < -0.4 is 9.62 Å². The SMILES string of the molecule is CCCNC(=O)[C@@H](C)N(Cc1ccccc1)C(=O)CN(c1ccccc1)S(=O)(=O)c1ccccc1. The molecule has 0 aliphatic heterocycles. The number of sulfonamides is 1. The lowest BCUT2D eigenvalue weighted by Gasteiger charge is -2.32. The second-order valence-electron chi connectivity index (χ2n) is 8.13. The number of carbonyl (C=O) groups excluding carboxylic acids is 2. The van der Waals surface area contributed by atoms with Gasteiger partial charge in [0.05, 0.1) is 10.6 Å². The number of hydrogen-bond donors (Lipinski definition) is 1. The normalized spacial score (nSPS) is 11.9. The van der Waals surface area contributed by atoms with E-state index >= 15 is 0 Å². The van der Waals surface area contributed by atoms with E-state index in [0.717, 1.165) is 16.3 Å². The van der Waals surface area contributed by atoms with Gasteiger partial charge < -0.3 is 10.2 Å². The number of nitrogens with one attached hydrogen (secondary N) is 1. The number of para-hydroxylation sites is 1. The zero-order valence-corrected chi connectivity index (χ0v) is 20.8. The first kappa shape index (κ1) is 26.0. The molecule has 3 rings (SSSR count). The van der Waals surface area contributed by atoms with Gasteiger partial charge >= 0.3 is 0 Å². The molecule has 0 spiro atoms. The Morgan fingerprint density at radius 2 is 1.40 bits per heavy atom. The lowest BCUT2D eigenvalue weighted by molar-refractivity contribution is -0.139. The topological polar surface area (TPSA) is 86.8 Å². The van der Waals surface area contributed by atoms with Gasteiger partial charge in [0.15, 0.2) is 0 Å². The van der Waals surface area contributed by atoms with Crippen LogP contribution in [0, 0.1) is 0 Å². The van der Waals surface area contributed by atoms with Gasteiger partial charge in [-0.25, -0.2) is 8.42 Å². The molecule has 3 aromatic carbocycles. The van der Waals surface area contributed by atoms with Crippen molar-refractivity contribution < 1.29 is 18.0 Å². The maximum Gasteiger partial charge on any atom is 0.264 e. The summed E-state index contributed by atoms with van der Waals surface area (Å²) >= 11 is 0. The highest BCUT2D eigenvalue weighted by molar-refractivity contribution is 7.92. The molecule has 35 heavy (non-hydrogen) atoms. The Labute approximate surface area is 207 Å². The molecule has 0 aliphatic carbocycles. The molecule has 2 amide bonds. The van der Waals surface area contributed by atoms with Gasteiger partial charge in [0.2, 0.25) is 11.8 Å². The van der Waals surface area contributed by atoms with E-state index in [2.05, 4.69) is 5.32 Å². The van der Waals surface area contributed by atoms with Crippen LogP contribution in [0.2, 0.25) is 0 Å². The zero-order valence-electron chi connectivity index (χ0n) is 20.0. The molecule has 0 saturated carbocycles. The predicted octanol–water partition coefficient (Wildman–Crippen LogP) is 3.83. The fourth-order valence-electron chi connectivity index (χ4n) is 3.60. The molecule has 7 nitrogen and oxygen atoms in total. The molecule has 0 heterocycles. The average molecular weight is 494 g/mol.